The van der Waals surface area contributed by atoms with Gasteiger partial charge in [0.05, 0.1) is 6.42 Å². The maximum Gasteiger partial charge on any atom is 0.336 e. The maximum atomic E-state index is 12.1. The zero-order valence-corrected chi connectivity index (χ0v) is 14.1. The SMILES string of the molecule is Cc1cc(=O)oc2cc(OC(=O)Cc3ccc(Cl)cc3Cl)ccc12. The molecule has 0 aliphatic rings. The first-order valence-electron chi connectivity index (χ1n) is 7.11. The van der Waals surface area contributed by atoms with Crippen LogP contribution in [0.1, 0.15) is 11.1 Å². The van der Waals surface area contributed by atoms with Crippen LogP contribution in [0.15, 0.2) is 51.7 Å². The van der Waals surface area contributed by atoms with Crippen molar-refractivity contribution in [1.82, 2.24) is 0 Å². The molecule has 0 N–H and O–H groups in total. The number of halogens is 2. The average molecular weight is 363 g/mol. The summed E-state index contributed by atoms with van der Waals surface area (Å²) in [4.78, 5) is 23.5. The summed E-state index contributed by atoms with van der Waals surface area (Å²) in [6.45, 7) is 1.81. The van der Waals surface area contributed by atoms with Crippen molar-refractivity contribution in [2.24, 2.45) is 0 Å². The number of carbonyl (C=O) groups excluding carboxylic acids is 1. The summed E-state index contributed by atoms with van der Waals surface area (Å²) in [6, 6.07) is 11.2. The normalized spacial score (nSPS) is 10.8. The zero-order chi connectivity index (χ0) is 17.3. The van der Waals surface area contributed by atoms with Crippen LogP contribution in [0.2, 0.25) is 10.0 Å². The standard InChI is InChI=1S/C18H12Cl2O4/c1-10-6-17(21)24-16-9-13(4-5-14(10)16)23-18(22)7-11-2-3-12(19)8-15(11)20/h2-6,8-9H,7H2,1H3. The van der Waals surface area contributed by atoms with E-state index in [0.29, 0.717) is 26.9 Å². The van der Waals surface area contributed by atoms with Gasteiger partial charge in [0.15, 0.2) is 0 Å². The smallest absolute Gasteiger partial charge is 0.336 e. The molecule has 122 valence electrons. The third kappa shape index (κ3) is 3.61. The number of fused-ring (bicyclic) bond motifs is 1. The van der Waals surface area contributed by atoms with Crippen LogP contribution in [-0.2, 0) is 11.2 Å². The quantitative estimate of drug-likeness (QED) is 0.389. The van der Waals surface area contributed by atoms with Gasteiger partial charge in [-0.3, -0.25) is 4.79 Å². The second kappa shape index (κ2) is 6.67. The number of rotatable bonds is 3. The molecule has 0 spiro atoms. The van der Waals surface area contributed by atoms with Crippen molar-refractivity contribution in [1.29, 1.82) is 0 Å². The fraction of sp³-hybridized carbons (Fsp3) is 0.111. The molecule has 0 fully saturated rings. The third-order valence-electron chi connectivity index (χ3n) is 3.50. The summed E-state index contributed by atoms with van der Waals surface area (Å²) >= 11 is 11.9. The van der Waals surface area contributed by atoms with Gasteiger partial charge in [-0.25, -0.2) is 4.79 Å². The highest BCUT2D eigenvalue weighted by Crippen LogP contribution is 2.24. The monoisotopic (exact) mass is 362 g/mol. The van der Waals surface area contributed by atoms with Crippen LogP contribution in [0, 0.1) is 6.92 Å². The molecule has 0 unspecified atom stereocenters. The van der Waals surface area contributed by atoms with Gasteiger partial charge in [-0.1, -0.05) is 29.3 Å². The molecule has 4 nitrogen and oxygen atoms in total. The van der Waals surface area contributed by atoms with Gasteiger partial charge < -0.3 is 9.15 Å². The summed E-state index contributed by atoms with van der Waals surface area (Å²) in [7, 11) is 0. The minimum Gasteiger partial charge on any atom is -0.426 e. The molecule has 2 aromatic carbocycles. The number of hydrogen-bond acceptors (Lipinski definition) is 4. The molecule has 0 aliphatic heterocycles. The minimum absolute atomic E-state index is 0.00576. The minimum atomic E-state index is -0.478. The fourth-order valence-electron chi connectivity index (χ4n) is 2.36. The van der Waals surface area contributed by atoms with Crippen LogP contribution in [0.25, 0.3) is 11.0 Å². The lowest BCUT2D eigenvalue weighted by Gasteiger charge is -2.07. The van der Waals surface area contributed by atoms with Crippen LogP contribution in [-0.4, -0.2) is 5.97 Å². The average Bonchev–Trinajstić information content (AvgIpc) is 2.49. The van der Waals surface area contributed by atoms with E-state index in [1.165, 1.54) is 12.1 Å². The molecule has 3 aromatic rings. The van der Waals surface area contributed by atoms with Crippen molar-refractivity contribution < 1.29 is 13.9 Å². The van der Waals surface area contributed by atoms with E-state index >= 15 is 0 Å². The van der Waals surface area contributed by atoms with E-state index in [1.807, 2.05) is 6.92 Å². The maximum absolute atomic E-state index is 12.1. The first-order valence-corrected chi connectivity index (χ1v) is 7.87. The molecule has 6 heteroatoms. The molecular weight excluding hydrogens is 351 g/mol. The Balaban J connectivity index is 1.81. The van der Waals surface area contributed by atoms with Crippen LogP contribution in [0.4, 0.5) is 0 Å². The first-order chi connectivity index (χ1) is 11.4. The largest absolute Gasteiger partial charge is 0.426 e. The highest BCUT2D eigenvalue weighted by atomic mass is 35.5. The first kappa shape index (κ1) is 16.6. The molecule has 24 heavy (non-hydrogen) atoms. The Morgan fingerprint density at radius 2 is 1.92 bits per heavy atom. The van der Waals surface area contributed by atoms with Gasteiger partial charge in [-0.15, -0.1) is 0 Å². The summed E-state index contributed by atoms with van der Waals surface area (Å²) in [5.74, 6) is -0.181. The Morgan fingerprint density at radius 1 is 1.12 bits per heavy atom. The molecule has 0 saturated heterocycles. The molecule has 1 aromatic heterocycles. The molecule has 0 saturated carbocycles. The van der Waals surface area contributed by atoms with Gasteiger partial charge in [0, 0.05) is 27.6 Å². The van der Waals surface area contributed by atoms with Crippen molar-refractivity contribution in [2.45, 2.75) is 13.3 Å². The molecule has 0 radical (unpaired) electrons. The van der Waals surface area contributed by atoms with Crippen molar-refractivity contribution >= 4 is 40.1 Å². The van der Waals surface area contributed by atoms with E-state index in [0.717, 1.165) is 10.9 Å². The van der Waals surface area contributed by atoms with Crippen LogP contribution in [0.3, 0.4) is 0 Å². The van der Waals surface area contributed by atoms with Gasteiger partial charge in [0.2, 0.25) is 0 Å². The topological polar surface area (TPSA) is 56.5 Å². The number of ether oxygens (including phenoxy) is 1. The molecule has 3 rings (SSSR count). The number of aryl methyl sites for hydroxylation is 1. The van der Waals surface area contributed by atoms with Crippen LogP contribution >= 0.6 is 23.2 Å². The predicted octanol–water partition coefficient (Wildman–Crippen LogP) is 4.56. The lowest BCUT2D eigenvalue weighted by atomic mass is 10.1. The van der Waals surface area contributed by atoms with Crippen molar-refractivity contribution in [2.75, 3.05) is 0 Å². The van der Waals surface area contributed by atoms with E-state index in [9.17, 15) is 9.59 Å². The second-order valence-corrected chi connectivity index (χ2v) is 6.14. The van der Waals surface area contributed by atoms with E-state index in [4.69, 9.17) is 32.4 Å². The Morgan fingerprint density at radius 3 is 2.67 bits per heavy atom. The van der Waals surface area contributed by atoms with Gasteiger partial charge in [-0.2, -0.15) is 0 Å². The Kier molecular flexibility index (Phi) is 4.60. The van der Waals surface area contributed by atoms with Crippen molar-refractivity contribution in [3.05, 3.63) is 74.1 Å². The van der Waals surface area contributed by atoms with E-state index < -0.39 is 11.6 Å². The van der Waals surface area contributed by atoms with E-state index in [2.05, 4.69) is 0 Å². The Hall–Kier alpha value is -2.30. The molecular formula is C18H12Cl2O4. The molecule has 1 heterocycles. The van der Waals surface area contributed by atoms with Gasteiger partial charge in [0.1, 0.15) is 11.3 Å². The molecule has 0 atom stereocenters. The Bertz CT molecular complexity index is 992. The number of carbonyl (C=O) groups is 1. The summed E-state index contributed by atoms with van der Waals surface area (Å²) in [6.07, 6.45) is 0.00576. The summed E-state index contributed by atoms with van der Waals surface area (Å²) in [5, 5.41) is 1.69. The van der Waals surface area contributed by atoms with Gasteiger partial charge in [0.25, 0.3) is 0 Å². The fourth-order valence-corrected chi connectivity index (χ4v) is 2.83. The van der Waals surface area contributed by atoms with Gasteiger partial charge in [-0.05, 0) is 42.3 Å². The van der Waals surface area contributed by atoms with E-state index in [-0.39, 0.29) is 6.42 Å². The molecule has 0 aliphatic carbocycles. The summed E-state index contributed by atoms with van der Waals surface area (Å²) < 4.78 is 10.4. The lowest BCUT2D eigenvalue weighted by molar-refractivity contribution is -0.133. The highest BCUT2D eigenvalue weighted by Gasteiger charge is 2.11. The van der Waals surface area contributed by atoms with Crippen molar-refractivity contribution in [3.8, 4) is 5.75 Å². The van der Waals surface area contributed by atoms with Gasteiger partial charge >= 0.3 is 11.6 Å². The van der Waals surface area contributed by atoms with Crippen LogP contribution < -0.4 is 10.4 Å². The van der Waals surface area contributed by atoms with E-state index in [1.54, 1.807) is 30.3 Å². The number of hydrogen-bond donors (Lipinski definition) is 0. The van der Waals surface area contributed by atoms with Crippen LogP contribution in [0.5, 0.6) is 5.75 Å². The lowest BCUT2D eigenvalue weighted by Crippen LogP contribution is -2.11. The predicted molar refractivity (Wildman–Crippen MR) is 93.0 cm³/mol. The zero-order valence-electron chi connectivity index (χ0n) is 12.6. The summed E-state index contributed by atoms with van der Waals surface area (Å²) in [5.41, 5.74) is 1.34. The molecule has 0 amide bonds. The third-order valence-corrected chi connectivity index (χ3v) is 4.09. The number of esters is 1. The second-order valence-electron chi connectivity index (χ2n) is 5.29. The Labute approximate surface area is 147 Å². The van der Waals surface area contributed by atoms with Crippen molar-refractivity contribution in [3.63, 3.8) is 0 Å². The highest BCUT2D eigenvalue weighted by molar-refractivity contribution is 6.35. The molecule has 0 bridgehead atoms. The number of benzene rings is 2.